The minimum Gasteiger partial charge on any atom is -0.357 e. The maximum absolute atomic E-state index is 10.8. The number of aromatic amines is 1. The Balaban J connectivity index is 0.000000116. The van der Waals surface area contributed by atoms with Gasteiger partial charge in [0.05, 0.1) is 5.69 Å². The van der Waals surface area contributed by atoms with Crippen molar-refractivity contribution in [3.63, 3.8) is 0 Å². The zero-order valence-electron chi connectivity index (χ0n) is 13.0. The average molecular weight is 387 g/mol. The highest BCUT2D eigenvalue weighted by atomic mass is 32.1. The molecule has 0 unspecified atom stereocenters. The van der Waals surface area contributed by atoms with E-state index in [9.17, 15) is 9.59 Å². The predicted molar refractivity (Wildman–Crippen MR) is 106 cm³/mol. The maximum atomic E-state index is 10.8. The van der Waals surface area contributed by atoms with Gasteiger partial charge in [0.25, 0.3) is 11.7 Å². The van der Waals surface area contributed by atoms with Crippen molar-refractivity contribution in [2.75, 3.05) is 5.32 Å². The second kappa shape index (κ2) is 8.57. The molecule has 2 N–H and O–H groups in total. The van der Waals surface area contributed by atoms with Gasteiger partial charge in [0.2, 0.25) is 0 Å². The van der Waals surface area contributed by atoms with Crippen LogP contribution in [0.4, 0.5) is 5.69 Å². The predicted octanol–water partition coefficient (Wildman–Crippen LogP) is 5.37. The van der Waals surface area contributed by atoms with Crippen molar-refractivity contribution in [2.24, 2.45) is 0 Å². The molecule has 0 aliphatic carbocycles. The van der Waals surface area contributed by atoms with Gasteiger partial charge < -0.3 is 10.3 Å². The highest BCUT2D eigenvalue weighted by molar-refractivity contribution is 7.20. The van der Waals surface area contributed by atoms with Gasteiger partial charge in [-0.2, -0.15) is 11.3 Å². The molecule has 126 valence electrons. The molecule has 5 heterocycles. The standard InChI is InChI=1S/C8H6S2.C6H4N2O2.C4H4S/c1-3-7(9-5-1)8-4-2-6-10-8;9-5-4-3(1-2-7-4)8-6(5)10;1-2-4-5-3-1/h1-6H;1-2,7H,(H,8,9,10);1-4H. The smallest absolute Gasteiger partial charge is 0.298 e. The number of aromatic nitrogens is 1. The first-order chi connectivity index (χ1) is 12.3. The molecule has 4 aromatic heterocycles. The summed E-state index contributed by atoms with van der Waals surface area (Å²) >= 11 is 5.30. The Bertz CT molecular complexity index is 858. The van der Waals surface area contributed by atoms with Crippen molar-refractivity contribution in [2.45, 2.75) is 0 Å². The van der Waals surface area contributed by atoms with Crippen LogP contribution in [0.1, 0.15) is 10.5 Å². The fraction of sp³-hybridized carbons (Fsp3) is 0. The lowest BCUT2D eigenvalue weighted by molar-refractivity contribution is -0.112. The van der Waals surface area contributed by atoms with Crippen LogP contribution in [0.5, 0.6) is 0 Å². The Kier molecular flexibility index (Phi) is 5.95. The minimum absolute atomic E-state index is 0.366. The van der Waals surface area contributed by atoms with E-state index in [-0.39, 0.29) is 0 Å². The number of fused-ring (bicyclic) bond motifs is 1. The molecule has 0 bridgehead atoms. The van der Waals surface area contributed by atoms with E-state index in [1.807, 2.05) is 22.9 Å². The van der Waals surface area contributed by atoms with Gasteiger partial charge in [0, 0.05) is 16.0 Å². The van der Waals surface area contributed by atoms with E-state index >= 15 is 0 Å². The number of anilines is 1. The molecular formula is C18H14N2O2S3. The maximum Gasteiger partial charge on any atom is 0.298 e. The van der Waals surface area contributed by atoms with Gasteiger partial charge >= 0.3 is 0 Å². The number of thiophene rings is 3. The van der Waals surface area contributed by atoms with Gasteiger partial charge in [0.15, 0.2) is 0 Å². The second-order valence-electron chi connectivity index (χ2n) is 4.80. The number of rotatable bonds is 1. The fourth-order valence-corrected chi connectivity index (χ4v) is 4.05. The molecule has 4 aromatic rings. The van der Waals surface area contributed by atoms with Gasteiger partial charge in [-0.05, 0) is 39.7 Å². The Labute approximate surface area is 156 Å². The zero-order chi connectivity index (χ0) is 17.5. The third-order valence-electron chi connectivity index (χ3n) is 3.14. The summed E-state index contributed by atoms with van der Waals surface area (Å²) in [4.78, 5) is 26.8. The normalized spacial score (nSPS) is 11.7. The van der Waals surface area contributed by atoms with E-state index in [4.69, 9.17) is 0 Å². The molecule has 0 aromatic carbocycles. The number of amides is 1. The molecule has 4 nitrogen and oxygen atoms in total. The van der Waals surface area contributed by atoms with Gasteiger partial charge in [-0.25, -0.2) is 0 Å². The summed E-state index contributed by atoms with van der Waals surface area (Å²) in [5.74, 6) is -1.04. The first-order valence-electron chi connectivity index (χ1n) is 7.33. The molecule has 5 rings (SSSR count). The molecule has 0 radical (unpaired) electrons. The largest absolute Gasteiger partial charge is 0.357 e. The van der Waals surface area contributed by atoms with Gasteiger partial charge in [-0.15, -0.1) is 22.7 Å². The van der Waals surface area contributed by atoms with Crippen molar-refractivity contribution in [1.29, 1.82) is 0 Å². The molecule has 1 amide bonds. The Hall–Kier alpha value is -2.48. The summed E-state index contributed by atoms with van der Waals surface area (Å²) in [5, 5.41) is 10.7. The Morgan fingerprint density at radius 3 is 1.84 bits per heavy atom. The molecule has 1 aliphatic heterocycles. The SMILES string of the molecule is O=C1Nc2cc[nH]c2C1=O.c1ccsc1.c1csc(-c2cccs2)c1. The number of H-pyrrole nitrogens is 1. The van der Waals surface area contributed by atoms with Crippen molar-refractivity contribution < 1.29 is 9.59 Å². The number of carbonyl (C=O) groups is 2. The van der Waals surface area contributed by atoms with Gasteiger partial charge in [-0.3, -0.25) is 9.59 Å². The summed E-state index contributed by atoms with van der Waals surface area (Å²) in [7, 11) is 0. The quantitative estimate of drug-likeness (QED) is 0.432. The minimum atomic E-state index is -0.554. The lowest BCUT2D eigenvalue weighted by Crippen LogP contribution is -2.13. The summed E-state index contributed by atoms with van der Waals surface area (Å²) in [5.41, 5.74) is 0.944. The van der Waals surface area contributed by atoms with E-state index in [0.29, 0.717) is 11.4 Å². The van der Waals surface area contributed by atoms with Crippen LogP contribution in [-0.4, -0.2) is 16.7 Å². The number of carbonyl (C=O) groups excluding carboxylic acids is 2. The van der Waals surface area contributed by atoms with Gasteiger partial charge in [0.1, 0.15) is 5.69 Å². The van der Waals surface area contributed by atoms with Crippen LogP contribution in [0, 0.1) is 0 Å². The van der Waals surface area contributed by atoms with E-state index < -0.39 is 11.7 Å². The highest BCUT2D eigenvalue weighted by Crippen LogP contribution is 2.28. The number of ketones is 1. The third kappa shape index (κ3) is 4.54. The fourth-order valence-electron chi connectivity index (χ4n) is 2.02. The van der Waals surface area contributed by atoms with Crippen LogP contribution >= 0.6 is 34.0 Å². The van der Waals surface area contributed by atoms with Crippen LogP contribution < -0.4 is 5.32 Å². The van der Waals surface area contributed by atoms with E-state index in [1.165, 1.54) is 9.75 Å². The van der Waals surface area contributed by atoms with Crippen LogP contribution in [-0.2, 0) is 4.79 Å². The van der Waals surface area contributed by atoms with Crippen molar-refractivity contribution in [3.05, 3.63) is 75.9 Å². The number of hydrogen-bond donors (Lipinski definition) is 2. The van der Waals surface area contributed by atoms with E-state index in [1.54, 1.807) is 46.3 Å². The lowest BCUT2D eigenvalue weighted by atomic mass is 10.3. The highest BCUT2D eigenvalue weighted by Gasteiger charge is 2.28. The molecule has 25 heavy (non-hydrogen) atoms. The third-order valence-corrected chi connectivity index (χ3v) is 5.70. The van der Waals surface area contributed by atoms with Crippen molar-refractivity contribution in [3.8, 4) is 9.75 Å². The molecular weight excluding hydrogens is 372 g/mol. The number of Topliss-reactive ketones (excluding diaryl/α,β-unsaturated/α-hetero) is 1. The molecule has 1 aliphatic rings. The summed E-state index contributed by atoms with van der Waals surface area (Å²) in [6.07, 6.45) is 1.61. The first kappa shape index (κ1) is 17.3. The Morgan fingerprint density at radius 1 is 0.760 bits per heavy atom. The molecule has 0 saturated carbocycles. The van der Waals surface area contributed by atoms with Crippen molar-refractivity contribution >= 4 is 51.4 Å². The van der Waals surface area contributed by atoms with E-state index in [0.717, 1.165) is 0 Å². The topological polar surface area (TPSA) is 62.0 Å². The van der Waals surface area contributed by atoms with Crippen LogP contribution in [0.15, 0.2) is 70.2 Å². The van der Waals surface area contributed by atoms with Crippen molar-refractivity contribution in [1.82, 2.24) is 4.98 Å². The number of nitrogens with one attached hydrogen (secondary N) is 2. The summed E-state index contributed by atoms with van der Waals surface area (Å²) < 4.78 is 0. The summed E-state index contributed by atoms with van der Waals surface area (Å²) in [6, 6.07) is 14.2. The van der Waals surface area contributed by atoms with Crippen LogP contribution in [0.25, 0.3) is 9.75 Å². The monoisotopic (exact) mass is 386 g/mol. The molecule has 0 spiro atoms. The molecule has 0 saturated heterocycles. The Morgan fingerprint density at radius 2 is 1.40 bits per heavy atom. The first-order valence-corrected chi connectivity index (χ1v) is 10.0. The van der Waals surface area contributed by atoms with Gasteiger partial charge in [-0.1, -0.05) is 24.3 Å². The van der Waals surface area contributed by atoms with Crippen LogP contribution in [0.3, 0.4) is 0 Å². The zero-order valence-corrected chi connectivity index (χ0v) is 15.4. The average Bonchev–Trinajstić information content (AvgIpc) is 3.44. The lowest BCUT2D eigenvalue weighted by Gasteiger charge is -1.84. The summed E-state index contributed by atoms with van der Waals surface area (Å²) in [6.45, 7) is 0. The molecule has 0 atom stereocenters. The molecule has 7 heteroatoms. The van der Waals surface area contributed by atoms with Crippen LogP contribution in [0.2, 0.25) is 0 Å². The second-order valence-corrected chi connectivity index (χ2v) is 7.51. The molecule has 0 fully saturated rings. The van der Waals surface area contributed by atoms with E-state index in [2.05, 4.69) is 45.3 Å². The number of hydrogen-bond acceptors (Lipinski definition) is 5.